The molecule has 0 atom stereocenters. The molecule has 1 nitrogen and oxygen atoms in total. The summed E-state index contributed by atoms with van der Waals surface area (Å²) in [5, 5.41) is 0. The van der Waals surface area contributed by atoms with Crippen molar-refractivity contribution in [3.8, 4) is 5.75 Å². The molecule has 1 rings (SSSR count). The zero-order valence-corrected chi connectivity index (χ0v) is 9.58. The first kappa shape index (κ1) is 9.99. The third-order valence-electron chi connectivity index (χ3n) is 1.27. The van der Waals surface area contributed by atoms with Gasteiger partial charge in [0.05, 0.1) is 11.1 Å². The lowest BCUT2D eigenvalue weighted by molar-refractivity contribution is 0.338. The predicted molar refractivity (Wildman–Crippen MR) is 53.0 cm³/mol. The van der Waals surface area contributed by atoms with Crippen molar-refractivity contribution in [2.24, 2.45) is 0 Å². The molecule has 0 amide bonds. The van der Waals surface area contributed by atoms with Crippen LogP contribution in [0.3, 0.4) is 0 Å². The lowest BCUT2D eigenvalue weighted by Crippen LogP contribution is -1.92. The summed E-state index contributed by atoms with van der Waals surface area (Å²) in [6, 6.07) is 3.06. The third-order valence-corrected chi connectivity index (χ3v) is 3.23. The first-order chi connectivity index (χ1) is 5.65. The maximum absolute atomic E-state index is 13.0. The zero-order chi connectivity index (χ0) is 9.14. The van der Waals surface area contributed by atoms with Crippen LogP contribution in [0.4, 0.5) is 4.39 Å². The SMILES string of the molecule is CCOc1cc(F)c(Br)c(Br)c1. The normalized spacial score (nSPS) is 10.0. The molecule has 12 heavy (non-hydrogen) atoms. The van der Waals surface area contributed by atoms with Crippen molar-refractivity contribution in [2.75, 3.05) is 6.61 Å². The second-order valence-electron chi connectivity index (χ2n) is 2.13. The highest BCUT2D eigenvalue weighted by molar-refractivity contribution is 9.13. The maximum atomic E-state index is 13.0. The van der Waals surface area contributed by atoms with Gasteiger partial charge in [-0.25, -0.2) is 4.39 Å². The molecule has 0 fully saturated rings. The highest BCUT2D eigenvalue weighted by Gasteiger charge is 2.06. The molecule has 0 aliphatic rings. The van der Waals surface area contributed by atoms with Crippen LogP contribution < -0.4 is 4.74 Å². The molecule has 1 aromatic carbocycles. The molecular weight excluding hydrogens is 291 g/mol. The van der Waals surface area contributed by atoms with Crippen LogP contribution in [-0.4, -0.2) is 6.61 Å². The molecule has 0 aromatic heterocycles. The molecule has 0 bridgehead atoms. The third kappa shape index (κ3) is 2.20. The van der Waals surface area contributed by atoms with Gasteiger partial charge >= 0.3 is 0 Å². The van der Waals surface area contributed by atoms with Gasteiger partial charge < -0.3 is 4.74 Å². The van der Waals surface area contributed by atoms with E-state index in [1.807, 2.05) is 6.92 Å². The van der Waals surface area contributed by atoms with Crippen molar-refractivity contribution >= 4 is 31.9 Å². The Morgan fingerprint density at radius 2 is 2.08 bits per heavy atom. The molecule has 66 valence electrons. The Kier molecular flexibility index (Phi) is 3.53. The second kappa shape index (κ2) is 4.23. The van der Waals surface area contributed by atoms with Gasteiger partial charge in [-0.05, 0) is 44.8 Å². The monoisotopic (exact) mass is 296 g/mol. The maximum Gasteiger partial charge on any atom is 0.142 e. The molecule has 0 radical (unpaired) electrons. The van der Waals surface area contributed by atoms with Gasteiger partial charge in [0.1, 0.15) is 11.6 Å². The molecule has 0 saturated carbocycles. The lowest BCUT2D eigenvalue weighted by atomic mass is 10.3. The van der Waals surface area contributed by atoms with Crippen molar-refractivity contribution in [1.29, 1.82) is 0 Å². The Hall–Kier alpha value is -0.0900. The summed E-state index contributed by atoms with van der Waals surface area (Å²) in [5.74, 6) is 0.206. The Balaban J connectivity index is 3.04. The second-order valence-corrected chi connectivity index (χ2v) is 3.78. The van der Waals surface area contributed by atoms with Gasteiger partial charge in [0.2, 0.25) is 0 Å². The minimum atomic E-state index is -0.326. The molecule has 0 saturated heterocycles. The standard InChI is InChI=1S/C8H7Br2FO/c1-2-12-5-3-6(9)8(10)7(11)4-5/h3-4H,2H2,1H3. The van der Waals surface area contributed by atoms with Crippen molar-refractivity contribution in [3.05, 3.63) is 26.9 Å². The number of rotatable bonds is 2. The average Bonchev–Trinajstić information content (AvgIpc) is 2.01. The molecule has 0 unspecified atom stereocenters. The average molecular weight is 298 g/mol. The summed E-state index contributed by atoms with van der Waals surface area (Å²) in [4.78, 5) is 0. The van der Waals surface area contributed by atoms with Gasteiger partial charge in [-0.2, -0.15) is 0 Å². The van der Waals surface area contributed by atoms with Gasteiger partial charge in [0.15, 0.2) is 0 Å². The fourth-order valence-corrected chi connectivity index (χ4v) is 1.43. The van der Waals surface area contributed by atoms with Crippen LogP contribution in [0, 0.1) is 5.82 Å². The van der Waals surface area contributed by atoms with E-state index < -0.39 is 0 Å². The van der Waals surface area contributed by atoms with Crippen LogP contribution in [0.5, 0.6) is 5.75 Å². The summed E-state index contributed by atoms with van der Waals surface area (Å²) in [5.41, 5.74) is 0. The van der Waals surface area contributed by atoms with E-state index in [0.29, 0.717) is 21.3 Å². The minimum Gasteiger partial charge on any atom is -0.494 e. The van der Waals surface area contributed by atoms with Crippen molar-refractivity contribution in [3.63, 3.8) is 0 Å². The number of halogens is 3. The summed E-state index contributed by atoms with van der Waals surface area (Å²) in [6.45, 7) is 2.39. The van der Waals surface area contributed by atoms with E-state index in [1.165, 1.54) is 6.07 Å². The number of hydrogen-bond donors (Lipinski definition) is 0. The van der Waals surface area contributed by atoms with Gasteiger partial charge in [-0.15, -0.1) is 0 Å². The van der Waals surface area contributed by atoms with Crippen LogP contribution in [0.1, 0.15) is 6.92 Å². The molecule has 1 aromatic rings. The summed E-state index contributed by atoms with van der Waals surface area (Å²) >= 11 is 6.29. The Labute approximate surface area is 87.2 Å². The zero-order valence-electron chi connectivity index (χ0n) is 6.40. The number of hydrogen-bond acceptors (Lipinski definition) is 1. The quantitative estimate of drug-likeness (QED) is 0.756. The Morgan fingerprint density at radius 3 is 2.58 bits per heavy atom. The highest BCUT2D eigenvalue weighted by atomic mass is 79.9. The molecular formula is C8H7Br2FO. The molecule has 0 aliphatic carbocycles. The minimum absolute atomic E-state index is 0.326. The van der Waals surface area contributed by atoms with Crippen molar-refractivity contribution in [2.45, 2.75) is 6.92 Å². The highest BCUT2D eigenvalue weighted by Crippen LogP contribution is 2.30. The van der Waals surface area contributed by atoms with E-state index >= 15 is 0 Å². The summed E-state index contributed by atoms with van der Waals surface area (Å²) < 4.78 is 19.2. The lowest BCUT2D eigenvalue weighted by Gasteiger charge is -2.04. The number of ether oxygens (including phenoxy) is 1. The van der Waals surface area contributed by atoms with E-state index in [1.54, 1.807) is 6.07 Å². The summed E-state index contributed by atoms with van der Waals surface area (Å²) in [6.07, 6.45) is 0. The largest absolute Gasteiger partial charge is 0.494 e. The Morgan fingerprint density at radius 1 is 1.42 bits per heavy atom. The van der Waals surface area contributed by atoms with E-state index in [0.717, 1.165) is 0 Å². The van der Waals surface area contributed by atoms with E-state index in [-0.39, 0.29) is 5.82 Å². The van der Waals surface area contributed by atoms with Gasteiger partial charge in [0.25, 0.3) is 0 Å². The summed E-state index contributed by atoms with van der Waals surface area (Å²) in [7, 11) is 0. The van der Waals surface area contributed by atoms with E-state index in [2.05, 4.69) is 31.9 Å². The fraction of sp³-hybridized carbons (Fsp3) is 0.250. The molecule has 0 heterocycles. The van der Waals surface area contributed by atoms with Crippen LogP contribution >= 0.6 is 31.9 Å². The van der Waals surface area contributed by atoms with Crippen LogP contribution in [0.15, 0.2) is 21.1 Å². The smallest absolute Gasteiger partial charge is 0.142 e. The van der Waals surface area contributed by atoms with E-state index in [9.17, 15) is 4.39 Å². The van der Waals surface area contributed by atoms with Crippen LogP contribution in [0.25, 0.3) is 0 Å². The van der Waals surface area contributed by atoms with Crippen LogP contribution in [-0.2, 0) is 0 Å². The van der Waals surface area contributed by atoms with Gasteiger partial charge in [-0.3, -0.25) is 0 Å². The van der Waals surface area contributed by atoms with Gasteiger partial charge in [-0.1, -0.05) is 0 Å². The molecule has 0 aliphatic heterocycles. The molecule has 0 N–H and O–H groups in total. The number of benzene rings is 1. The van der Waals surface area contributed by atoms with Crippen molar-refractivity contribution < 1.29 is 9.13 Å². The van der Waals surface area contributed by atoms with Crippen molar-refractivity contribution in [1.82, 2.24) is 0 Å². The molecule has 0 spiro atoms. The first-order valence-corrected chi connectivity index (χ1v) is 5.01. The predicted octanol–water partition coefficient (Wildman–Crippen LogP) is 3.75. The first-order valence-electron chi connectivity index (χ1n) is 3.42. The molecule has 4 heteroatoms. The van der Waals surface area contributed by atoms with Gasteiger partial charge in [0, 0.05) is 10.5 Å². The topological polar surface area (TPSA) is 9.23 Å². The van der Waals surface area contributed by atoms with E-state index in [4.69, 9.17) is 4.74 Å². The van der Waals surface area contributed by atoms with Crippen LogP contribution in [0.2, 0.25) is 0 Å². The Bertz CT molecular complexity index is 265. The fourth-order valence-electron chi connectivity index (χ4n) is 0.782.